The molecule has 6 heteroatoms. The summed E-state index contributed by atoms with van der Waals surface area (Å²) < 4.78 is 12.8. The molecule has 0 heterocycles. The molecule has 2 aromatic carbocycles. The Bertz CT molecular complexity index is 1110. The molecule has 0 aliphatic heterocycles. The van der Waals surface area contributed by atoms with Crippen molar-refractivity contribution in [1.29, 1.82) is 0 Å². The van der Waals surface area contributed by atoms with Crippen LogP contribution in [0.4, 0.5) is 5.69 Å². The molecule has 4 fully saturated rings. The lowest BCUT2D eigenvalue weighted by atomic mass is 9.43. The van der Waals surface area contributed by atoms with E-state index >= 15 is 0 Å². The molecule has 0 aromatic heterocycles. The molecular weight excluding hydrogens is 516 g/mol. The van der Waals surface area contributed by atoms with E-state index in [-0.39, 0.29) is 18.1 Å². The van der Waals surface area contributed by atoms with Gasteiger partial charge in [-0.15, -0.1) is 0 Å². The van der Waals surface area contributed by atoms with E-state index in [1.807, 2.05) is 44.2 Å². The zero-order valence-electron chi connectivity index (χ0n) is 22.0. The van der Waals surface area contributed by atoms with Crippen molar-refractivity contribution in [3.05, 3.63) is 52.0 Å². The van der Waals surface area contributed by atoms with E-state index in [0.29, 0.717) is 28.9 Å². The van der Waals surface area contributed by atoms with Gasteiger partial charge in [0, 0.05) is 22.2 Å². The van der Waals surface area contributed by atoms with Gasteiger partial charge in [0.15, 0.2) is 18.1 Å². The first-order valence-corrected chi connectivity index (χ1v) is 14.1. The molecule has 0 radical (unpaired) electrons. The fourth-order valence-electron chi connectivity index (χ4n) is 8.00. The lowest BCUT2D eigenvalue weighted by Gasteiger charge is -2.65. The minimum Gasteiger partial charge on any atom is -0.490 e. The van der Waals surface area contributed by atoms with Crippen LogP contribution in [0.15, 0.2) is 40.9 Å². The van der Waals surface area contributed by atoms with Gasteiger partial charge < -0.3 is 20.1 Å². The Hall–Kier alpha value is -2.05. The van der Waals surface area contributed by atoms with Gasteiger partial charge in [0.05, 0.1) is 6.61 Å². The highest BCUT2D eigenvalue weighted by molar-refractivity contribution is 9.10. The summed E-state index contributed by atoms with van der Waals surface area (Å²) in [4.78, 5) is 12.5. The number of hydrogen-bond acceptors (Lipinski definition) is 4. The van der Waals surface area contributed by atoms with E-state index < -0.39 is 0 Å². The fourth-order valence-corrected chi connectivity index (χ4v) is 8.46. The summed E-state index contributed by atoms with van der Waals surface area (Å²) in [6, 6.07) is 11.7. The molecule has 5 nitrogen and oxygen atoms in total. The normalized spacial score (nSPS) is 30.3. The topological polar surface area (TPSA) is 59.6 Å². The Morgan fingerprint density at radius 1 is 1.00 bits per heavy atom. The number of carbonyl (C=O) groups is 1. The standard InChI is InChI=1S/C30H39BrN2O3/c1-5-35-25-10-22(15-32-30-14-21-12-28(3,18-30)17-29(4,13-21)19-30)24(31)11-26(25)36-16-27(34)33-23-8-6-20(2)7-9-23/h6-11,21,32H,5,12-19H2,1-4H3,(H,33,34). The summed E-state index contributed by atoms with van der Waals surface area (Å²) in [5, 5.41) is 6.89. The molecule has 4 saturated carbocycles. The van der Waals surface area contributed by atoms with Crippen molar-refractivity contribution in [2.45, 2.75) is 78.3 Å². The SMILES string of the molecule is CCOc1cc(CNC23CC4CC(C)(CC(C)(C4)C2)C3)c(Br)cc1OCC(=O)Nc1ccc(C)cc1. The third-order valence-electron chi connectivity index (χ3n) is 8.39. The van der Waals surface area contributed by atoms with Gasteiger partial charge in [0.1, 0.15) is 0 Å². The summed E-state index contributed by atoms with van der Waals surface area (Å²) in [5.74, 6) is 1.89. The van der Waals surface area contributed by atoms with Crippen LogP contribution in [0.5, 0.6) is 11.5 Å². The molecule has 6 rings (SSSR count). The van der Waals surface area contributed by atoms with Crippen LogP contribution in [0, 0.1) is 23.7 Å². The zero-order chi connectivity index (χ0) is 25.6. The van der Waals surface area contributed by atoms with E-state index in [9.17, 15) is 4.79 Å². The first kappa shape index (κ1) is 25.6. The largest absolute Gasteiger partial charge is 0.490 e. The minimum atomic E-state index is -0.202. The number of benzene rings is 2. The number of nitrogens with one attached hydrogen (secondary N) is 2. The van der Waals surface area contributed by atoms with E-state index in [1.54, 1.807) is 0 Å². The van der Waals surface area contributed by atoms with Crippen molar-refractivity contribution in [2.24, 2.45) is 16.7 Å². The molecule has 1 amide bonds. The second-order valence-electron chi connectivity index (χ2n) is 12.3. The Morgan fingerprint density at radius 2 is 1.67 bits per heavy atom. The van der Waals surface area contributed by atoms with Crippen LogP contribution in [0.2, 0.25) is 0 Å². The highest BCUT2D eigenvalue weighted by Gasteiger charge is 2.59. The van der Waals surface area contributed by atoms with E-state index in [2.05, 4.69) is 46.5 Å². The number of aryl methyl sites for hydroxylation is 1. The summed E-state index contributed by atoms with van der Waals surface area (Å²) in [7, 11) is 0. The maximum absolute atomic E-state index is 12.5. The predicted molar refractivity (Wildman–Crippen MR) is 148 cm³/mol. The average molecular weight is 556 g/mol. The molecule has 4 aliphatic rings. The maximum Gasteiger partial charge on any atom is 0.262 e. The van der Waals surface area contributed by atoms with Gasteiger partial charge in [-0.2, -0.15) is 0 Å². The predicted octanol–water partition coefficient (Wildman–Crippen LogP) is 7.01. The second-order valence-corrected chi connectivity index (χ2v) is 13.1. The summed E-state index contributed by atoms with van der Waals surface area (Å²) in [5.41, 5.74) is 4.25. The van der Waals surface area contributed by atoms with E-state index in [4.69, 9.17) is 9.47 Å². The van der Waals surface area contributed by atoms with Crippen LogP contribution in [-0.4, -0.2) is 24.7 Å². The van der Waals surface area contributed by atoms with Gasteiger partial charge in [-0.25, -0.2) is 0 Å². The zero-order valence-corrected chi connectivity index (χ0v) is 23.6. The maximum atomic E-state index is 12.5. The summed E-state index contributed by atoms with van der Waals surface area (Å²) in [6.07, 6.45) is 8.02. The van der Waals surface area contributed by atoms with Crippen molar-refractivity contribution < 1.29 is 14.3 Å². The Kier molecular flexibility index (Phi) is 6.88. The monoisotopic (exact) mass is 554 g/mol. The molecule has 2 N–H and O–H groups in total. The Morgan fingerprint density at radius 3 is 2.31 bits per heavy atom. The molecule has 0 saturated heterocycles. The number of carbonyl (C=O) groups excluding carboxylic acids is 1. The summed E-state index contributed by atoms with van der Waals surface area (Å²) in [6.45, 7) is 10.2. The third kappa shape index (κ3) is 5.45. The molecule has 0 spiro atoms. The molecule has 2 atom stereocenters. The third-order valence-corrected chi connectivity index (χ3v) is 9.12. The van der Waals surface area contributed by atoms with Crippen molar-refractivity contribution >= 4 is 27.5 Å². The molecule has 194 valence electrons. The van der Waals surface area contributed by atoms with Crippen LogP contribution < -0.4 is 20.1 Å². The number of hydrogen-bond donors (Lipinski definition) is 2. The van der Waals surface area contributed by atoms with Crippen LogP contribution in [0.3, 0.4) is 0 Å². The number of halogens is 1. The minimum absolute atomic E-state index is 0.0837. The van der Waals surface area contributed by atoms with Gasteiger partial charge in [0.25, 0.3) is 5.91 Å². The van der Waals surface area contributed by atoms with Crippen molar-refractivity contribution in [3.63, 3.8) is 0 Å². The molecule has 4 bridgehead atoms. The highest BCUT2D eigenvalue weighted by Crippen LogP contribution is 2.66. The number of ether oxygens (including phenoxy) is 2. The average Bonchev–Trinajstić information content (AvgIpc) is 2.77. The quantitative estimate of drug-likeness (QED) is 0.350. The smallest absolute Gasteiger partial charge is 0.262 e. The molecule has 4 aliphatic carbocycles. The van der Waals surface area contributed by atoms with Crippen LogP contribution in [-0.2, 0) is 11.3 Å². The highest BCUT2D eigenvalue weighted by atomic mass is 79.9. The first-order valence-electron chi connectivity index (χ1n) is 13.3. The van der Waals surface area contributed by atoms with Gasteiger partial charge in [-0.3, -0.25) is 4.79 Å². The molecule has 2 aromatic rings. The van der Waals surface area contributed by atoms with Gasteiger partial charge >= 0.3 is 0 Å². The van der Waals surface area contributed by atoms with Gasteiger partial charge in [0.2, 0.25) is 0 Å². The number of anilines is 1. The lowest BCUT2D eigenvalue weighted by molar-refractivity contribution is -0.118. The van der Waals surface area contributed by atoms with Gasteiger partial charge in [-0.05, 0) is 98.9 Å². The van der Waals surface area contributed by atoms with Crippen molar-refractivity contribution in [1.82, 2.24) is 5.32 Å². The van der Waals surface area contributed by atoms with E-state index in [0.717, 1.165) is 33.7 Å². The second kappa shape index (κ2) is 9.68. The van der Waals surface area contributed by atoms with Crippen molar-refractivity contribution in [3.8, 4) is 11.5 Å². The molecular formula is C30H39BrN2O3. The fraction of sp³-hybridized carbons (Fsp3) is 0.567. The number of rotatable bonds is 9. The van der Waals surface area contributed by atoms with E-state index in [1.165, 1.54) is 38.5 Å². The van der Waals surface area contributed by atoms with Crippen LogP contribution in [0.1, 0.15) is 70.4 Å². The van der Waals surface area contributed by atoms with Crippen LogP contribution >= 0.6 is 15.9 Å². The number of amides is 1. The molecule has 2 unspecified atom stereocenters. The van der Waals surface area contributed by atoms with Crippen LogP contribution in [0.25, 0.3) is 0 Å². The Balaban J connectivity index is 1.25. The summed E-state index contributed by atoms with van der Waals surface area (Å²) >= 11 is 3.76. The Labute approximate surface area is 223 Å². The van der Waals surface area contributed by atoms with Crippen molar-refractivity contribution in [2.75, 3.05) is 18.5 Å². The lowest BCUT2D eigenvalue weighted by Crippen LogP contribution is -2.63. The molecule has 36 heavy (non-hydrogen) atoms. The van der Waals surface area contributed by atoms with Gasteiger partial charge in [-0.1, -0.05) is 47.5 Å². The first-order chi connectivity index (χ1) is 17.1.